The average Bonchev–Trinajstić information content (AvgIpc) is 2.11. The molecule has 98 valence electrons. The summed E-state index contributed by atoms with van der Waals surface area (Å²) >= 11 is 0. The third kappa shape index (κ3) is 3.36. The van der Waals surface area contributed by atoms with Gasteiger partial charge >= 0.3 is 6.36 Å². The molecule has 1 heterocycles. The molecule has 1 amide bonds. The van der Waals surface area contributed by atoms with Crippen LogP contribution in [0.4, 0.5) is 18.9 Å². The topological polar surface area (TPSA) is 50.4 Å². The molecule has 7 heteroatoms. The van der Waals surface area contributed by atoms with Gasteiger partial charge in [0.05, 0.1) is 5.92 Å². The highest BCUT2D eigenvalue weighted by Crippen LogP contribution is 2.25. The summed E-state index contributed by atoms with van der Waals surface area (Å²) in [5.74, 6) is -0.692. The Bertz CT molecular complexity index is 444. The van der Waals surface area contributed by atoms with Gasteiger partial charge < -0.3 is 15.4 Å². The lowest BCUT2D eigenvalue weighted by atomic mass is 10.0. The minimum Gasteiger partial charge on any atom is -0.406 e. The number of anilines is 1. The van der Waals surface area contributed by atoms with Crippen molar-refractivity contribution in [3.63, 3.8) is 0 Å². The molecule has 1 aliphatic heterocycles. The highest BCUT2D eigenvalue weighted by atomic mass is 19.4. The normalized spacial score (nSPS) is 15.9. The number of rotatable bonds is 3. The second-order valence-electron chi connectivity index (χ2n) is 3.92. The van der Waals surface area contributed by atoms with E-state index < -0.39 is 6.36 Å². The summed E-state index contributed by atoms with van der Waals surface area (Å²) in [6.45, 7) is 1.18. The van der Waals surface area contributed by atoms with Crippen LogP contribution in [-0.4, -0.2) is 25.4 Å². The fourth-order valence-corrected chi connectivity index (χ4v) is 1.49. The predicted octanol–water partition coefficient (Wildman–Crippen LogP) is 1.74. The van der Waals surface area contributed by atoms with Gasteiger partial charge in [-0.1, -0.05) is 6.07 Å². The van der Waals surface area contributed by atoms with Crippen LogP contribution >= 0.6 is 0 Å². The van der Waals surface area contributed by atoms with E-state index in [0.717, 1.165) is 6.07 Å². The third-order valence-corrected chi connectivity index (χ3v) is 2.49. The lowest BCUT2D eigenvalue weighted by Gasteiger charge is -2.25. The molecule has 0 radical (unpaired) electrons. The summed E-state index contributed by atoms with van der Waals surface area (Å²) in [6.07, 6.45) is -4.74. The van der Waals surface area contributed by atoms with Crippen LogP contribution in [0.2, 0.25) is 0 Å². The van der Waals surface area contributed by atoms with E-state index in [1.807, 2.05) is 0 Å². The largest absolute Gasteiger partial charge is 0.573 e. The molecule has 18 heavy (non-hydrogen) atoms. The van der Waals surface area contributed by atoms with Crippen molar-refractivity contribution in [2.45, 2.75) is 6.36 Å². The van der Waals surface area contributed by atoms with Gasteiger partial charge in [-0.25, -0.2) is 0 Å². The second kappa shape index (κ2) is 4.85. The molecular weight excluding hydrogens is 249 g/mol. The van der Waals surface area contributed by atoms with Crippen LogP contribution in [-0.2, 0) is 4.79 Å². The SMILES string of the molecule is O=C(Nc1cccc(OC(F)(F)F)c1)C1CNC1. The van der Waals surface area contributed by atoms with Gasteiger partial charge in [-0.15, -0.1) is 13.2 Å². The zero-order chi connectivity index (χ0) is 13.2. The Kier molecular flexibility index (Phi) is 3.42. The Morgan fingerprint density at radius 1 is 1.39 bits per heavy atom. The average molecular weight is 260 g/mol. The first-order chi connectivity index (χ1) is 8.44. The zero-order valence-electron chi connectivity index (χ0n) is 9.25. The lowest BCUT2D eigenvalue weighted by Crippen LogP contribution is -2.48. The number of carbonyl (C=O) groups is 1. The Labute approximate surface area is 101 Å². The monoisotopic (exact) mass is 260 g/mol. The first-order valence-corrected chi connectivity index (χ1v) is 5.31. The molecule has 4 nitrogen and oxygen atoms in total. The van der Waals surface area contributed by atoms with Crippen molar-refractivity contribution >= 4 is 11.6 Å². The molecule has 0 aliphatic carbocycles. The maximum atomic E-state index is 12.0. The quantitative estimate of drug-likeness (QED) is 0.870. The standard InChI is InChI=1S/C11H11F3N2O2/c12-11(13,14)18-9-3-1-2-8(4-9)16-10(17)7-5-15-6-7/h1-4,7,15H,5-6H2,(H,16,17). The number of hydrogen-bond donors (Lipinski definition) is 2. The van der Waals surface area contributed by atoms with Gasteiger partial charge in [0, 0.05) is 24.8 Å². The Morgan fingerprint density at radius 2 is 2.11 bits per heavy atom. The summed E-state index contributed by atoms with van der Waals surface area (Å²) in [7, 11) is 0. The van der Waals surface area contributed by atoms with Crippen LogP contribution in [0.1, 0.15) is 0 Å². The van der Waals surface area contributed by atoms with Crippen LogP contribution in [0.25, 0.3) is 0 Å². The fourth-order valence-electron chi connectivity index (χ4n) is 1.49. The molecule has 0 saturated carbocycles. The van der Waals surface area contributed by atoms with Crippen molar-refractivity contribution < 1.29 is 22.7 Å². The summed E-state index contributed by atoms with van der Waals surface area (Å²) in [6, 6.07) is 5.20. The molecule has 0 spiro atoms. The highest BCUT2D eigenvalue weighted by Gasteiger charge is 2.31. The summed E-state index contributed by atoms with van der Waals surface area (Å²) in [4.78, 5) is 11.6. The third-order valence-electron chi connectivity index (χ3n) is 2.49. The number of alkyl halides is 3. The Morgan fingerprint density at radius 3 is 2.67 bits per heavy atom. The molecule has 2 N–H and O–H groups in total. The second-order valence-corrected chi connectivity index (χ2v) is 3.92. The van der Waals surface area contributed by atoms with E-state index in [9.17, 15) is 18.0 Å². The van der Waals surface area contributed by atoms with E-state index in [-0.39, 0.29) is 23.3 Å². The van der Waals surface area contributed by atoms with Gasteiger partial charge in [-0.05, 0) is 12.1 Å². The van der Waals surface area contributed by atoms with Crippen LogP contribution in [0.5, 0.6) is 5.75 Å². The maximum absolute atomic E-state index is 12.0. The molecule has 0 unspecified atom stereocenters. The summed E-state index contributed by atoms with van der Waals surface area (Å²) in [5, 5.41) is 5.48. The minimum atomic E-state index is -4.74. The number of amides is 1. The smallest absolute Gasteiger partial charge is 0.406 e. The maximum Gasteiger partial charge on any atom is 0.573 e. The number of nitrogens with one attached hydrogen (secondary N) is 2. The van der Waals surface area contributed by atoms with Gasteiger partial charge in [-0.3, -0.25) is 4.79 Å². The van der Waals surface area contributed by atoms with Gasteiger partial charge in [0.25, 0.3) is 0 Å². The first kappa shape index (κ1) is 12.7. The molecule has 0 atom stereocenters. The van der Waals surface area contributed by atoms with Gasteiger partial charge in [0.15, 0.2) is 0 Å². The van der Waals surface area contributed by atoms with Crippen LogP contribution in [0, 0.1) is 5.92 Å². The van der Waals surface area contributed by atoms with Crippen molar-refractivity contribution in [2.75, 3.05) is 18.4 Å². The molecule has 1 aromatic rings. The van der Waals surface area contributed by atoms with Crippen LogP contribution < -0.4 is 15.4 Å². The highest BCUT2D eigenvalue weighted by molar-refractivity contribution is 5.93. The lowest BCUT2D eigenvalue weighted by molar-refractivity contribution is -0.274. The van der Waals surface area contributed by atoms with Crippen molar-refractivity contribution in [2.24, 2.45) is 5.92 Å². The van der Waals surface area contributed by atoms with Crippen LogP contribution in [0.3, 0.4) is 0 Å². The van der Waals surface area contributed by atoms with Gasteiger partial charge in [-0.2, -0.15) is 0 Å². The summed E-state index contributed by atoms with van der Waals surface area (Å²) < 4.78 is 39.8. The van der Waals surface area contributed by atoms with Crippen molar-refractivity contribution in [1.29, 1.82) is 0 Å². The summed E-state index contributed by atoms with van der Waals surface area (Å²) in [5.41, 5.74) is 0.286. The van der Waals surface area contributed by atoms with E-state index in [0.29, 0.717) is 13.1 Å². The minimum absolute atomic E-state index is 0.128. The number of ether oxygens (including phenoxy) is 1. The molecule has 0 aromatic heterocycles. The Hall–Kier alpha value is -1.76. The van der Waals surface area contributed by atoms with Crippen molar-refractivity contribution in [3.8, 4) is 5.75 Å². The predicted molar refractivity (Wildman–Crippen MR) is 58.1 cm³/mol. The molecule has 2 rings (SSSR count). The Balaban J connectivity index is 2.00. The molecule has 1 fully saturated rings. The first-order valence-electron chi connectivity index (χ1n) is 5.31. The molecule has 1 aromatic carbocycles. The number of hydrogen-bond acceptors (Lipinski definition) is 3. The fraction of sp³-hybridized carbons (Fsp3) is 0.364. The molecular formula is C11H11F3N2O2. The van der Waals surface area contributed by atoms with Crippen molar-refractivity contribution in [1.82, 2.24) is 5.32 Å². The number of benzene rings is 1. The molecule has 0 bridgehead atoms. The van der Waals surface area contributed by atoms with E-state index in [1.54, 1.807) is 0 Å². The van der Waals surface area contributed by atoms with E-state index >= 15 is 0 Å². The van der Waals surface area contributed by atoms with E-state index in [2.05, 4.69) is 15.4 Å². The zero-order valence-corrected chi connectivity index (χ0v) is 9.25. The van der Waals surface area contributed by atoms with Gasteiger partial charge in [0.2, 0.25) is 5.91 Å². The van der Waals surface area contributed by atoms with Gasteiger partial charge in [0.1, 0.15) is 5.75 Å². The number of halogens is 3. The van der Waals surface area contributed by atoms with E-state index in [4.69, 9.17) is 0 Å². The molecule has 1 aliphatic rings. The van der Waals surface area contributed by atoms with Crippen LogP contribution in [0.15, 0.2) is 24.3 Å². The van der Waals surface area contributed by atoms with E-state index in [1.165, 1.54) is 18.2 Å². The van der Waals surface area contributed by atoms with Crippen molar-refractivity contribution in [3.05, 3.63) is 24.3 Å². The molecule has 1 saturated heterocycles. The number of carbonyl (C=O) groups excluding carboxylic acids is 1.